The zero-order chi connectivity index (χ0) is 15.6. The number of urea groups is 1. The van der Waals surface area contributed by atoms with E-state index in [4.69, 9.17) is 4.74 Å². The van der Waals surface area contributed by atoms with Gasteiger partial charge < -0.3 is 19.4 Å². The average Bonchev–Trinajstić information content (AvgIpc) is 3.11. The lowest BCUT2D eigenvalue weighted by Crippen LogP contribution is -2.54. The standard InChI is InChI=1S/C16H20N4O2S/c21-16(20-8-10-22-11-9-20)19-6-4-18(5-7-19)14-1-3-17-13-2-12-23-15(13)14/h1-3,12H,4-11H2. The maximum Gasteiger partial charge on any atom is 0.320 e. The number of piperazine rings is 1. The number of anilines is 1. The van der Waals surface area contributed by atoms with E-state index in [2.05, 4.69) is 27.4 Å². The van der Waals surface area contributed by atoms with E-state index in [0.29, 0.717) is 26.3 Å². The highest BCUT2D eigenvalue weighted by Gasteiger charge is 2.27. The lowest BCUT2D eigenvalue weighted by molar-refractivity contribution is 0.0428. The number of fused-ring (bicyclic) bond motifs is 1. The summed E-state index contributed by atoms with van der Waals surface area (Å²) in [6.45, 7) is 5.99. The van der Waals surface area contributed by atoms with Crippen LogP contribution in [0.5, 0.6) is 0 Å². The molecule has 4 heterocycles. The molecule has 0 N–H and O–H groups in total. The van der Waals surface area contributed by atoms with Crippen molar-refractivity contribution < 1.29 is 9.53 Å². The maximum atomic E-state index is 12.5. The third kappa shape index (κ3) is 2.86. The SMILES string of the molecule is O=C(N1CCOCC1)N1CCN(c2ccnc3ccsc23)CC1. The summed E-state index contributed by atoms with van der Waals surface area (Å²) in [7, 11) is 0. The predicted molar refractivity (Wildman–Crippen MR) is 91.2 cm³/mol. The number of pyridine rings is 1. The highest BCUT2D eigenvalue weighted by molar-refractivity contribution is 7.17. The Kier molecular flexibility index (Phi) is 4.05. The second-order valence-corrected chi connectivity index (χ2v) is 6.74. The summed E-state index contributed by atoms with van der Waals surface area (Å²) < 4.78 is 6.56. The molecule has 0 spiro atoms. The molecule has 0 saturated carbocycles. The van der Waals surface area contributed by atoms with Gasteiger partial charge in [0.1, 0.15) is 0 Å². The van der Waals surface area contributed by atoms with Crippen molar-refractivity contribution in [3.8, 4) is 0 Å². The van der Waals surface area contributed by atoms with Gasteiger partial charge in [0.15, 0.2) is 0 Å². The van der Waals surface area contributed by atoms with Gasteiger partial charge in [0.05, 0.1) is 29.1 Å². The topological polar surface area (TPSA) is 48.9 Å². The van der Waals surface area contributed by atoms with Crippen LogP contribution in [0.15, 0.2) is 23.7 Å². The van der Waals surface area contributed by atoms with Gasteiger partial charge in [-0.25, -0.2) is 4.79 Å². The number of carbonyl (C=O) groups is 1. The summed E-state index contributed by atoms with van der Waals surface area (Å²) >= 11 is 1.73. The molecule has 2 aliphatic heterocycles. The number of carbonyl (C=O) groups excluding carboxylic acids is 1. The Bertz CT molecular complexity index is 690. The van der Waals surface area contributed by atoms with Crippen LogP contribution in [0.25, 0.3) is 10.2 Å². The number of nitrogens with zero attached hydrogens (tertiary/aromatic N) is 4. The molecule has 2 saturated heterocycles. The van der Waals surface area contributed by atoms with Gasteiger partial charge in [-0.15, -0.1) is 11.3 Å². The number of aromatic nitrogens is 1. The maximum absolute atomic E-state index is 12.5. The summed E-state index contributed by atoms with van der Waals surface area (Å²) in [4.78, 5) is 23.2. The number of thiophene rings is 1. The molecule has 2 aromatic rings. The van der Waals surface area contributed by atoms with Crippen molar-refractivity contribution in [1.29, 1.82) is 0 Å². The first-order valence-corrected chi connectivity index (χ1v) is 8.89. The molecule has 2 amide bonds. The molecule has 0 aromatic carbocycles. The third-order valence-electron chi connectivity index (χ3n) is 4.50. The molecule has 2 aromatic heterocycles. The first-order chi connectivity index (χ1) is 11.3. The van der Waals surface area contributed by atoms with Crippen molar-refractivity contribution in [2.24, 2.45) is 0 Å². The fourth-order valence-corrected chi connectivity index (χ4v) is 4.09. The highest BCUT2D eigenvalue weighted by Crippen LogP contribution is 2.30. The molecule has 0 unspecified atom stereocenters. The Hall–Kier alpha value is -1.86. The fourth-order valence-electron chi connectivity index (χ4n) is 3.20. The number of rotatable bonds is 1. The van der Waals surface area contributed by atoms with E-state index in [-0.39, 0.29) is 6.03 Å². The molecule has 0 bridgehead atoms. The average molecular weight is 332 g/mol. The Labute approximate surface area is 139 Å². The second kappa shape index (κ2) is 6.33. The predicted octanol–water partition coefficient (Wildman–Crippen LogP) is 1.87. The Morgan fingerprint density at radius 3 is 2.57 bits per heavy atom. The highest BCUT2D eigenvalue weighted by atomic mass is 32.1. The van der Waals surface area contributed by atoms with Crippen molar-refractivity contribution in [2.75, 3.05) is 57.4 Å². The van der Waals surface area contributed by atoms with E-state index in [1.165, 1.54) is 10.4 Å². The minimum atomic E-state index is 0.156. The van der Waals surface area contributed by atoms with Crippen LogP contribution in [-0.2, 0) is 4.74 Å². The van der Waals surface area contributed by atoms with Crippen LogP contribution in [0.4, 0.5) is 10.5 Å². The number of hydrogen-bond acceptors (Lipinski definition) is 5. The van der Waals surface area contributed by atoms with Gasteiger partial charge in [-0.2, -0.15) is 0 Å². The lowest BCUT2D eigenvalue weighted by atomic mass is 10.2. The molecule has 23 heavy (non-hydrogen) atoms. The fraction of sp³-hybridized carbons (Fsp3) is 0.500. The van der Waals surface area contributed by atoms with E-state index < -0.39 is 0 Å². The van der Waals surface area contributed by atoms with E-state index in [0.717, 1.165) is 31.7 Å². The molecule has 2 fully saturated rings. The van der Waals surface area contributed by atoms with Crippen LogP contribution < -0.4 is 4.90 Å². The van der Waals surface area contributed by atoms with E-state index in [1.54, 1.807) is 11.3 Å². The Balaban J connectivity index is 1.42. The number of morpholine rings is 1. The number of amides is 2. The van der Waals surface area contributed by atoms with Crippen LogP contribution >= 0.6 is 11.3 Å². The first-order valence-electron chi connectivity index (χ1n) is 8.02. The Morgan fingerprint density at radius 1 is 1.04 bits per heavy atom. The van der Waals surface area contributed by atoms with Gasteiger partial charge in [-0.05, 0) is 17.5 Å². The normalized spacial score (nSPS) is 19.4. The van der Waals surface area contributed by atoms with Crippen LogP contribution in [0.2, 0.25) is 0 Å². The van der Waals surface area contributed by atoms with Gasteiger partial charge in [-0.1, -0.05) is 0 Å². The minimum absolute atomic E-state index is 0.156. The largest absolute Gasteiger partial charge is 0.378 e. The monoisotopic (exact) mass is 332 g/mol. The molecular formula is C16H20N4O2S. The number of hydrogen-bond donors (Lipinski definition) is 0. The van der Waals surface area contributed by atoms with Gasteiger partial charge in [0, 0.05) is 45.5 Å². The van der Waals surface area contributed by atoms with Gasteiger partial charge in [0.25, 0.3) is 0 Å². The molecule has 6 nitrogen and oxygen atoms in total. The lowest BCUT2D eigenvalue weighted by Gasteiger charge is -2.39. The van der Waals surface area contributed by atoms with Crippen LogP contribution in [0.1, 0.15) is 0 Å². The number of ether oxygens (including phenoxy) is 1. The third-order valence-corrected chi connectivity index (χ3v) is 5.42. The van der Waals surface area contributed by atoms with Crippen LogP contribution in [0, 0.1) is 0 Å². The zero-order valence-corrected chi connectivity index (χ0v) is 13.8. The molecule has 4 rings (SSSR count). The van der Waals surface area contributed by atoms with Gasteiger partial charge in [-0.3, -0.25) is 4.98 Å². The van der Waals surface area contributed by atoms with Crippen LogP contribution in [-0.4, -0.2) is 73.3 Å². The van der Waals surface area contributed by atoms with Crippen molar-refractivity contribution >= 4 is 33.3 Å². The summed E-state index contributed by atoms with van der Waals surface area (Å²) in [5, 5.41) is 2.08. The van der Waals surface area contributed by atoms with Crippen molar-refractivity contribution in [3.63, 3.8) is 0 Å². The molecule has 7 heteroatoms. The molecule has 122 valence electrons. The molecule has 0 atom stereocenters. The summed E-state index contributed by atoms with van der Waals surface area (Å²) in [6.07, 6.45) is 1.87. The Morgan fingerprint density at radius 2 is 1.78 bits per heavy atom. The molecule has 0 radical (unpaired) electrons. The summed E-state index contributed by atoms with van der Waals surface area (Å²) in [5.74, 6) is 0. The summed E-state index contributed by atoms with van der Waals surface area (Å²) in [5.41, 5.74) is 2.29. The van der Waals surface area contributed by atoms with Crippen molar-refractivity contribution in [3.05, 3.63) is 23.7 Å². The van der Waals surface area contributed by atoms with Crippen molar-refractivity contribution in [2.45, 2.75) is 0 Å². The molecule has 2 aliphatic rings. The smallest absolute Gasteiger partial charge is 0.320 e. The van der Waals surface area contributed by atoms with E-state index in [9.17, 15) is 4.79 Å². The van der Waals surface area contributed by atoms with Gasteiger partial charge >= 0.3 is 6.03 Å². The van der Waals surface area contributed by atoms with Crippen LogP contribution in [0.3, 0.4) is 0 Å². The minimum Gasteiger partial charge on any atom is -0.378 e. The van der Waals surface area contributed by atoms with E-state index >= 15 is 0 Å². The quantitative estimate of drug-likeness (QED) is 0.800. The molecule has 0 aliphatic carbocycles. The van der Waals surface area contributed by atoms with E-state index in [1.807, 2.05) is 16.0 Å². The zero-order valence-electron chi connectivity index (χ0n) is 13.0. The first kappa shape index (κ1) is 14.7. The van der Waals surface area contributed by atoms with Crippen molar-refractivity contribution in [1.82, 2.24) is 14.8 Å². The second-order valence-electron chi connectivity index (χ2n) is 5.82. The molecular weight excluding hydrogens is 312 g/mol. The summed E-state index contributed by atoms with van der Waals surface area (Å²) in [6, 6.07) is 4.30. The van der Waals surface area contributed by atoms with Gasteiger partial charge in [0.2, 0.25) is 0 Å².